The number of hydrogen-bond acceptors (Lipinski definition) is 2. The van der Waals surface area contributed by atoms with Crippen LogP contribution in [0.1, 0.15) is 40.0 Å². The molecule has 1 unspecified atom stereocenters. The number of nitrogens with zero attached hydrogens (tertiary/aromatic N) is 1. The fourth-order valence-corrected chi connectivity index (χ4v) is 1.32. The van der Waals surface area contributed by atoms with Crippen molar-refractivity contribution in [1.29, 1.82) is 0 Å². The van der Waals surface area contributed by atoms with Gasteiger partial charge < -0.3 is 9.64 Å². The molecular formula is C12H23NO2. The Labute approximate surface area is 93.1 Å². The van der Waals surface area contributed by atoms with Crippen molar-refractivity contribution in [2.75, 3.05) is 13.7 Å². The Morgan fingerprint density at radius 3 is 2.47 bits per heavy atom. The van der Waals surface area contributed by atoms with Gasteiger partial charge >= 0.3 is 0 Å². The molecule has 0 radical (unpaired) electrons. The number of carbonyl (C=O) groups is 1. The molecule has 15 heavy (non-hydrogen) atoms. The van der Waals surface area contributed by atoms with Crippen LogP contribution in [0.5, 0.6) is 0 Å². The van der Waals surface area contributed by atoms with Crippen molar-refractivity contribution in [2.24, 2.45) is 0 Å². The maximum Gasteiger partial charge on any atom is 0.219 e. The first-order valence-electron chi connectivity index (χ1n) is 5.50. The van der Waals surface area contributed by atoms with Crippen molar-refractivity contribution >= 4 is 5.91 Å². The van der Waals surface area contributed by atoms with Gasteiger partial charge in [-0.2, -0.15) is 0 Å². The summed E-state index contributed by atoms with van der Waals surface area (Å²) in [4.78, 5) is 13.0. The molecule has 88 valence electrons. The van der Waals surface area contributed by atoms with Gasteiger partial charge in [0.1, 0.15) is 6.61 Å². The third-order valence-electron chi connectivity index (χ3n) is 2.46. The van der Waals surface area contributed by atoms with Crippen molar-refractivity contribution in [1.82, 2.24) is 4.90 Å². The highest BCUT2D eigenvalue weighted by atomic mass is 16.5. The van der Waals surface area contributed by atoms with E-state index in [1.165, 1.54) is 0 Å². The Morgan fingerprint density at radius 2 is 2.07 bits per heavy atom. The topological polar surface area (TPSA) is 29.5 Å². The number of hydrogen-bond donors (Lipinski definition) is 0. The predicted octanol–water partition coefficient (Wildman–Crippen LogP) is 2.57. The molecule has 1 atom stereocenters. The van der Waals surface area contributed by atoms with Crippen LogP contribution >= 0.6 is 0 Å². The number of ether oxygens (including phenoxy) is 1. The van der Waals surface area contributed by atoms with Gasteiger partial charge in [0.25, 0.3) is 0 Å². The zero-order chi connectivity index (χ0) is 11.8. The minimum Gasteiger partial charge on any atom is -0.497 e. The first-order chi connectivity index (χ1) is 6.99. The molecule has 1 amide bonds. The van der Waals surface area contributed by atoms with E-state index in [0.717, 1.165) is 19.3 Å². The molecule has 3 heteroatoms. The molecule has 0 saturated carbocycles. The lowest BCUT2D eigenvalue weighted by molar-refractivity contribution is -0.130. The maximum absolute atomic E-state index is 11.2. The van der Waals surface area contributed by atoms with E-state index in [1.54, 1.807) is 11.8 Å². The van der Waals surface area contributed by atoms with E-state index in [-0.39, 0.29) is 11.9 Å². The number of carbonyl (C=O) groups excluding carboxylic acids is 1. The van der Waals surface area contributed by atoms with E-state index < -0.39 is 0 Å². The zero-order valence-electron chi connectivity index (χ0n) is 10.4. The average molecular weight is 213 g/mol. The summed E-state index contributed by atoms with van der Waals surface area (Å²) in [5, 5.41) is 0. The number of unbranched alkanes of at least 4 members (excludes halogenated alkanes) is 1. The fraction of sp³-hybridized carbons (Fsp3) is 0.750. The van der Waals surface area contributed by atoms with Crippen LogP contribution in [0.2, 0.25) is 0 Å². The van der Waals surface area contributed by atoms with Crippen molar-refractivity contribution in [3.8, 4) is 0 Å². The molecule has 3 nitrogen and oxygen atoms in total. The minimum atomic E-state index is 0.0846. The highest BCUT2D eigenvalue weighted by Gasteiger charge is 2.16. The zero-order valence-corrected chi connectivity index (χ0v) is 10.4. The van der Waals surface area contributed by atoms with Crippen LogP contribution < -0.4 is 0 Å². The third-order valence-corrected chi connectivity index (χ3v) is 2.46. The highest BCUT2D eigenvalue weighted by Crippen LogP contribution is 2.09. The summed E-state index contributed by atoms with van der Waals surface area (Å²) in [6.45, 7) is 9.78. The molecule has 0 aromatic rings. The largest absolute Gasteiger partial charge is 0.497 e. The molecule has 0 heterocycles. The van der Waals surface area contributed by atoms with E-state index in [2.05, 4.69) is 13.5 Å². The summed E-state index contributed by atoms with van der Waals surface area (Å²) >= 11 is 0. The Hall–Kier alpha value is -0.990. The second-order valence-electron chi connectivity index (χ2n) is 3.94. The van der Waals surface area contributed by atoms with Crippen molar-refractivity contribution in [2.45, 2.75) is 46.1 Å². The molecule has 0 fully saturated rings. The SMILES string of the molecule is C=C(C)OCC(CCCC)N(C)C(C)=O. The summed E-state index contributed by atoms with van der Waals surface area (Å²) in [7, 11) is 1.82. The lowest BCUT2D eigenvalue weighted by Gasteiger charge is -2.27. The van der Waals surface area contributed by atoms with Crippen LogP contribution in [0.4, 0.5) is 0 Å². The number of rotatable bonds is 7. The Kier molecular flexibility index (Phi) is 6.84. The monoisotopic (exact) mass is 213 g/mol. The van der Waals surface area contributed by atoms with E-state index in [4.69, 9.17) is 4.74 Å². The quantitative estimate of drug-likeness (QED) is 0.608. The summed E-state index contributed by atoms with van der Waals surface area (Å²) in [5.41, 5.74) is 0. The summed E-state index contributed by atoms with van der Waals surface area (Å²) in [6, 6.07) is 0.166. The normalized spacial score (nSPS) is 12.0. The molecule has 0 aromatic heterocycles. The van der Waals surface area contributed by atoms with Crippen LogP contribution in [-0.4, -0.2) is 30.5 Å². The fourth-order valence-electron chi connectivity index (χ4n) is 1.32. The van der Waals surface area contributed by atoms with E-state index in [1.807, 2.05) is 14.0 Å². The Balaban J connectivity index is 4.16. The van der Waals surface area contributed by atoms with Crippen LogP contribution in [0, 0.1) is 0 Å². The Morgan fingerprint density at radius 1 is 1.47 bits per heavy atom. The molecule has 0 rings (SSSR count). The van der Waals surface area contributed by atoms with Gasteiger partial charge in [-0.3, -0.25) is 4.79 Å². The number of amides is 1. The van der Waals surface area contributed by atoms with Crippen LogP contribution in [-0.2, 0) is 9.53 Å². The molecule has 0 saturated heterocycles. The van der Waals surface area contributed by atoms with E-state index >= 15 is 0 Å². The van der Waals surface area contributed by atoms with E-state index in [9.17, 15) is 4.79 Å². The smallest absolute Gasteiger partial charge is 0.219 e. The van der Waals surface area contributed by atoms with Gasteiger partial charge in [-0.25, -0.2) is 0 Å². The number of allylic oxidation sites excluding steroid dienone is 1. The Bertz CT molecular complexity index is 214. The molecule has 0 aromatic carbocycles. The van der Waals surface area contributed by atoms with Gasteiger partial charge in [0.15, 0.2) is 0 Å². The molecule has 0 N–H and O–H groups in total. The number of likely N-dealkylation sites (N-methyl/N-ethyl adjacent to an activating group) is 1. The van der Waals surface area contributed by atoms with Crippen molar-refractivity contribution < 1.29 is 9.53 Å². The van der Waals surface area contributed by atoms with Gasteiger partial charge in [0, 0.05) is 14.0 Å². The predicted molar refractivity (Wildman–Crippen MR) is 62.5 cm³/mol. The van der Waals surface area contributed by atoms with E-state index in [0.29, 0.717) is 12.4 Å². The lowest BCUT2D eigenvalue weighted by Crippen LogP contribution is -2.38. The molecule has 0 aliphatic rings. The highest BCUT2D eigenvalue weighted by molar-refractivity contribution is 5.73. The second-order valence-corrected chi connectivity index (χ2v) is 3.94. The van der Waals surface area contributed by atoms with Gasteiger partial charge in [0.2, 0.25) is 5.91 Å². The molecule has 0 aliphatic carbocycles. The molecular weight excluding hydrogens is 190 g/mol. The molecule has 0 bridgehead atoms. The van der Waals surface area contributed by atoms with Gasteiger partial charge in [0.05, 0.1) is 11.8 Å². The van der Waals surface area contributed by atoms with Crippen LogP contribution in [0.3, 0.4) is 0 Å². The van der Waals surface area contributed by atoms with Crippen molar-refractivity contribution in [3.63, 3.8) is 0 Å². The third kappa shape index (κ3) is 6.15. The standard InChI is InChI=1S/C12H23NO2/c1-6-7-8-12(9-15-10(2)3)13(5)11(4)14/h12H,2,6-9H2,1,3-5H3. The summed E-state index contributed by atoms with van der Waals surface area (Å²) in [5.74, 6) is 0.787. The van der Waals surface area contributed by atoms with Gasteiger partial charge in [-0.1, -0.05) is 26.3 Å². The molecule has 0 aliphatic heterocycles. The first-order valence-corrected chi connectivity index (χ1v) is 5.50. The van der Waals surface area contributed by atoms with Crippen LogP contribution in [0.25, 0.3) is 0 Å². The average Bonchev–Trinajstić information content (AvgIpc) is 2.16. The summed E-state index contributed by atoms with van der Waals surface area (Å²) < 4.78 is 5.38. The van der Waals surface area contributed by atoms with Gasteiger partial charge in [-0.15, -0.1) is 0 Å². The van der Waals surface area contributed by atoms with Crippen LogP contribution in [0.15, 0.2) is 12.3 Å². The second kappa shape index (κ2) is 7.32. The lowest BCUT2D eigenvalue weighted by atomic mass is 10.1. The first kappa shape index (κ1) is 14.0. The minimum absolute atomic E-state index is 0.0846. The van der Waals surface area contributed by atoms with Crippen molar-refractivity contribution in [3.05, 3.63) is 12.3 Å². The van der Waals surface area contributed by atoms with Gasteiger partial charge in [-0.05, 0) is 13.3 Å². The molecule has 0 spiro atoms. The summed E-state index contributed by atoms with van der Waals surface area (Å²) in [6.07, 6.45) is 3.23. The maximum atomic E-state index is 11.2.